The van der Waals surface area contributed by atoms with Crippen LogP contribution in [0.5, 0.6) is 5.75 Å². The van der Waals surface area contributed by atoms with Gasteiger partial charge in [-0.2, -0.15) is 4.31 Å². The Kier molecular flexibility index (Phi) is 6.72. The van der Waals surface area contributed by atoms with Crippen molar-refractivity contribution in [2.24, 2.45) is 0 Å². The molecule has 162 valence electrons. The van der Waals surface area contributed by atoms with Gasteiger partial charge >= 0.3 is 0 Å². The number of aryl methyl sites for hydroxylation is 3. The third-order valence-corrected chi connectivity index (χ3v) is 7.05. The minimum atomic E-state index is -4.15. The van der Waals surface area contributed by atoms with Gasteiger partial charge in [-0.3, -0.25) is 4.79 Å². The number of rotatable bonds is 6. The van der Waals surface area contributed by atoms with Crippen molar-refractivity contribution >= 4 is 33.2 Å². The van der Waals surface area contributed by atoms with Gasteiger partial charge in [0.05, 0.1) is 10.6 Å². The zero-order valence-electron chi connectivity index (χ0n) is 17.8. The summed E-state index contributed by atoms with van der Waals surface area (Å²) in [7, 11) is -4.15. The van der Waals surface area contributed by atoms with Crippen molar-refractivity contribution in [3.63, 3.8) is 0 Å². The summed E-state index contributed by atoms with van der Waals surface area (Å²) in [5, 5.41) is 0.551. The molecule has 7 heteroatoms. The maximum atomic E-state index is 13.5. The monoisotopic (exact) mass is 457 g/mol. The predicted octanol–water partition coefficient (Wildman–Crippen LogP) is 5.37. The molecule has 3 rings (SSSR count). The van der Waals surface area contributed by atoms with Crippen molar-refractivity contribution in [3.8, 4) is 5.75 Å². The lowest BCUT2D eigenvalue weighted by molar-refractivity contribution is -0.119. The fourth-order valence-electron chi connectivity index (χ4n) is 3.14. The number of ether oxygens (including phenoxy) is 1. The summed E-state index contributed by atoms with van der Waals surface area (Å²) >= 11 is 5.97. The van der Waals surface area contributed by atoms with Crippen LogP contribution in [0.4, 0.5) is 5.69 Å². The largest absolute Gasteiger partial charge is 0.483 e. The minimum absolute atomic E-state index is 0.0371. The summed E-state index contributed by atoms with van der Waals surface area (Å²) in [5.41, 5.74) is 3.56. The van der Waals surface area contributed by atoms with E-state index in [2.05, 4.69) is 0 Å². The molecule has 0 saturated carbocycles. The molecule has 31 heavy (non-hydrogen) atoms. The molecule has 0 aliphatic carbocycles. The Balaban J connectivity index is 2.02. The summed E-state index contributed by atoms with van der Waals surface area (Å²) < 4.78 is 33.5. The number of hydrogen-bond donors (Lipinski definition) is 0. The molecular weight excluding hydrogens is 434 g/mol. The van der Waals surface area contributed by atoms with Crippen LogP contribution >= 0.6 is 11.6 Å². The van der Waals surface area contributed by atoms with E-state index in [1.54, 1.807) is 56.3 Å². The highest BCUT2D eigenvalue weighted by Gasteiger charge is 2.32. The molecule has 5 nitrogen and oxygen atoms in total. The molecular formula is C24H24ClNO4S. The van der Waals surface area contributed by atoms with Gasteiger partial charge in [-0.25, -0.2) is 8.42 Å². The van der Waals surface area contributed by atoms with Crippen LogP contribution in [0.1, 0.15) is 22.3 Å². The fraction of sp³-hybridized carbons (Fsp3) is 0.208. The van der Waals surface area contributed by atoms with Gasteiger partial charge < -0.3 is 4.74 Å². The highest BCUT2D eigenvalue weighted by Crippen LogP contribution is 2.29. The summed E-state index contributed by atoms with van der Waals surface area (Å²) in [6.45, 7) is 6.89. The average molecular weight is 458 g/mol. The van der Waals surface area contributed by atoms with E-state index in [4.69, 9.17) is 16.3 Å². The quantitative estimate of drug-likeness (QED) is 0.498. The highest BCUT2D eigenvalue weighted by atomic mass is 35.5. The molecule has 0 aliphatic heterocycles. The molecule has 0 heterocycles. The predicted molar refractivity (Wildman–Crippen MR) is 123 cm³/mol. The van der Waals surface area contributed by atoms with Gasteiger partial charge in [-0.15, -0.1) is 0 Å². The third-order valence-electron chi connectivity index (χ3n) is 5.07. The normalized spacial score (nSPS) is 11.3. The molecule has 0 bridgehead atoms. The van der Waals surface area contributed by atoms with Crippen LogP contribution in [0, 0.1) is 27.7 Å². The van der Waals surface area contributed by atoms with Gasteiger partial charge in [0, 0.05) is 5.02 Å². The summed E-state index contributed by atoms with van der Waals surface area (Å²) in [4.78, 5) is 13.3. The first kappa shape index (κ1) is 22.8. The second kappa shape index (κ2) is 9.12. The molecule has 0 radical (unpaired) electrons. The molecule has 0 unspecified atom stereocenters. The average Bonchev–Trinajstić information content (AvgIpc) is 2.71. The smallest absolute Gasteiger partial charge is 0.278 e. The Morgan fingerprint density at radius 3 is 2.26 bits per heavy atom. The van der Waals surface area contributed by atoms with Crippen LogP contribution < -0.4 is 9.04 Å². The Hall–Kier alpha value is -2.83. The maximum absolute atomic E-state index is 13.5. The minimum Gasteiger partial charge on any atom is -0.483 e. The first-order chi connectivity index (χ1) is 14.6. The molecule has 0 fully saturated rings. The molecule has 0 saturated heterocycles. The number of halogens is 1. The number of anilines is 1. The van der Waals surface area contributed by atoms with E-state index in [-0.39, 0.29) is 4.90 Å². The van der Waals surface area contributed by atoms with Crippen LogP contribution in [-0.2, 0) is 14.8 Å². The number of amides is 1. The first-order valence-electron chi connectivity index (χ1n) is 9.71. The fourth-order valence-corrected chi connectivity index (χ4v) is 4.84. The molecule has 3 aromatic rings. The zero-order valence-corrected chi connectivity index (χ0v) is 19.4. The Morgan fingerprint density at radius 1 is 0.935 bits per heavy atom. The van der Waals surface area contributed by atoms with Crippen molar-refractivity contribution in [1.29, 1.82) is 0 Å². The van der Waals surface area contributed by atoms with E-state index in [0.29, 0.717) is 22.0 Å². The Labute approximate surface area is 188 Å². The van der Waals surface area contributed by atoms with Crippen LogP contribution in [0.2, 0.25) is 5.02 Å². The van der Waals surface area contributed by atoms with E-state index in [9.17, 15) is 13.2 Å². The van der Waals surface area contributed by atoms with Crippen molar-refractivity contribution in [2.75, 3.05) is 10.9 Å². The molecule has 3 aromatic carbocycles. The van der Waals surface area contributed by atoms with E-state index in [0.717, 1.165) is 21.0 Å². The molecule has 0 atom stereocenters. The van der Waals surface area contributed by atoms with Gasteiger partial charge in [-0.05, 0) is 80.8 Å². The topological polar surface area (TPSA) is 63.7 Å². The number of hydrogen-bond acceptors (Lipinski definition) is 4. The standard InChI is InChI=1S/C24H24ClNO4S/c1-16-8-11-21(12-9-16)31(28,29)26(22-7-5-6-17(2)19(22)4)24(27)15-30-23-13-10-20(25)14-18(23)3/h5-14H,15H2,1-4H3. The van der Waals surface area contributed by atoms with Gasteiger partial charge in [0.1, 0.15) is 5.75 Å². The molecule has 0 aromatic heterocycles. The number of carbonyl (C=O) groups excluding carboxylic acids is 1. The van der Waals surface area contributed by atoms with Crippen LogP contribution in [0.15, 0.2) is 65.6 Å². The Morgan fingerprint density at radius 2 is 1.61 bits per heavy atom. The number of sulfonamides is 1. The lowest BCUT2D eigenvalue weighted by atomic mass is 10.1. The third kappa shape index (κ3) is 4.92. The lowest BCUT2D eigenvalue weighted by Gasteiger charge is -2.25. The van der Waals surface area contributed by atoms with Crippen molar-refractivity contribution in [1.82, 2.24) is 0 Å². The zero-order chi connectivity index (χ0) is 22.8. The van der Waals surface area contributed by atoms with E-state index in [1.165, 1.54) is 12.1 Å². The SMILES string of the molecule is Cc1ccc(S(=O)(=O)N(C(=O)COc2ccc(Cl)cc2C)c2cccc(C)c2C)cc1. The summed E-state index contributed by atoms with van der Waals surface area (Å²) in [6, 6.07) is 16.6. The van der Waals surface area contributed by atoms with Crippen LogP contribution in [-0.4, -0.2) is 20.9 Å². The van der Waals surface area contributed by atoms with Gasteiger partial charge in [0.25, 0.3) is 15.9 Å². The van der Waals surface area contributed by atoms with Crippen molar-refractivity contribution < 1.29 is 17.9 Å². The second-order valence-electron chi connectivity index (χ2n) is 7.39. The molecule has 0 N–H and O–H groups in total. The molecule has 1 amide bonds. The van der Waals surface area contributed by atoms with Gasteiger partial charge in [0.2, 0.25) is 0 Å². The van der Waals surface area contributed by atoms with Crippen molar-refractivity contribution in [2.45, 2.75) is 32.6 Å². The first-order valence-corrected chi connectivity index (χ1v) is 11.5. The van der Waals surface area contributed by atoms with Crippen LogP contribution in [0.25, 0.3) is 0 Å². The van der Waals surface area contributed by atoms with Gasteiger partial charge in [0.15, 0.2) is 6.61 Å². The van der Waals surface area contributed by atoms with E-state index >= 15 is 0 Å². The highest BCUT2D eigenvalue weighted by molar-refractivity contribution is 7.93. The second-order valence-corrected chi connectivity index (χ2v) is 9.62. The number of carbonyl (C=O) groups is 1. The van der Waals surface area contributed by atoms with E-state index in [1.807, 2.05) is 19.9 Å². The molecule has 0 aliphatic rings. The van der Waals surface area contributed by atoms with Crippen LogP contribution in [0.3, 0.4) is 0 Å². The number of benzene rings is 3. The lowest BCUT2D eigenvalue weighted by Crippen LogP contribution is -2.40. The summed E-state index contributed by atoms with van der Waals surface area (Å²) in [6.07, 6.45) is 0. The van der Waals surface area contributed by atoms with Crippen molar-refractivity contribution in [3.05, 3.63) is 87.9 Å². The maximum Gasteiger partial charge on any atom is 0.278 e. The summed E-state index contributed by atoms with van der Waals surface area (Å²) in [5.74, 6) is -0.227. The van der Waals surface area contributed by atoms with E-state index < -0.39 is 22.5 Å². The Bertz CT molecular complexity index is 1220. The van der Waals surface area contributed by atoms with Gasteiger partial charge in [-0.1, -0.05) is 41.4 Å². The number of nitrogens with zero attached hydrogens (tertiary/aromatic N) is 1. The molecule has 0 spiro atoms.